The molecule has 0 saturated heterocycles. The van der Waals surface area contributed by atoms with Gasteiger partial charge in [-0.3, -0.25) is 0 Å². The van der Waals surface area contributed by atoms with Crippen molar-refractivity contribution in [3.63, 3.8) is 0 Å². The molecule has 2 unspecified atom stereocenters. The maximum atomic E-state index is 5.90. The first-order valence-corrected chi connectivity index (χ1v) is 6.29. The highest BCUT2D eigenvalue weighted by molar-refractivity contribution is 5.27. The van der Waals surface area contributed by atoms with Gasteiger partial charge in [0, 0.05) is 6.04 Å². The van der Waals surface area contributed by atoms with Gasteiger partial charge in [0.15, 0.2) is 0 Å². The van der Waals surface area contributed by atoms with E-state index in [-0.39, 0.29) is 0 Å². The smallest absolute Gasteiger partial charge is 0.119 e. The molecular weight excluding hydrogens is 198 g/mol. The zero-order valence-electron chi connectivity index (χ0n) is 9.99. The number of hydrogen-bond acceptors (Lipinski definition) is 2. The summed E-state index contributed by atoms with van der Waals surface area (Å²) in [6, 6.07) is 8.81. The molecule has 88 valence electrons. The summed E-state index contributed by atoms with van der Waals surface area (Å²) in [5.41, 5.74) is 7.25. The molecule has 0 spiro atoms. The van der Waals surface area contributed by atoms with Gasteiger partial charge in [-0.05, 0) is 43.4 Å². The fourth-order valence-corrected chi connectivity index (χ4v) is 2.30. The predicted molar refractivity (Wildman–Crippen MR) is 66.7 cm³/mol. The number of hydrogen-bond donors (Lipinski definition) is 1. The van der Waals surface area contributed by atoms with Crippen LogP contribution in [-0.4, -0.2) is 12.1 Å². The highest BCUT2D eigenvalue weighted by atomic mass is 16.5. The average Bonchev–Trinajstić information content (AvgIpc) is 2.67. The zero-order valence-corrected chi connectivity index (χ0v) is 9.99. The van der Waals surface area contributed by atoms with Crippen LogP contribution >= 0.6 is 0 Å². The summed E-state index contributed by atoms with van der Waals surface area (Å²) in [5, 5.41) is 0. The van der Waals surface area contributed by atoms with Crippen molar-refractivity contribution < 1.29 is 4.74 Å². The minimum Gasteiger partial charge on any atom is -0.490 e. The summed E-state index contributed by atoms with van der Waals surface area (Å²) in [6.45, 7) is 2.20. The molecule has 0 amide bonds. The Labute approximate surface area is 97.8 Å². The van der Waals surface area contributed by atoms with Crippen molar-refractivity contribution in [2.45, 2.75) is 51.2 Å². The Kier molecular flexibility index (Phi) is 3.83. The molecular formula is C14H21NO. The maximum Gasteiger partial charge on any atom is 0.119 e. The Balaban J connectivity index is 1.89. The van der Waals surface area contributed by atoms with Gasteiger partial charge in [0.25, 0.3) is 0 Å². The van der Waals surface area contributed by atoms with E-state index in [1.54, 1.807) is 0 Å². The quantitative estimate of drug-likeness (QED) is 0.845. The first-order valence-electron chi connectivity index (χ1n) is 6.29. The zero-order chi connectivity index (χ0) is 11.4. The molecule has 0 bridgehead atoms. The van der Waals surface area contributed by atoms with Crippen LogP contribution in [0, 0.1) is 0 Å². The summed E-state index contributed by atoms with van der Waals surface area (Å²) < 4.78 is 5.90. The molecule has 0 aliphatic heterocycles. The molecule has 2 heteroatoms. The van der Waals surface area contributed by atoms with E-state index < -0.39 is 0 Å². The third-order valence-electron chi connectivity index (χ3n) is 3.19. The third-order valence-corrected chi connectivity index (χ3v) is 3.19. The molecule has 1 aliphatic rings. The minimum atomic E-state index is 0.326. The van der Waals surface area contributed by atoms with Gasteiger partial charge in [-0.15, -0.1) is 0 Å². The van der Waals surface area contributed by atoms with Crippen LogP contribution in [0.25, 0.3) is 0 Å². The molecule has 2 nitrogen and oxygen atoms in total. The fraction of sp³-hybridized carbons (Fsp3) is 0.571. The highest BCUT2D eigenvalue weighted by Gasteiger charge is 2.22. The second-order valence-electron chi connectivity index (χ2n) is 4.71. The van der Waals surface area contributed by atoms with Crippen molar-refractivity contribution in [1.82, 2.24) is 0 Å². The molecule has 2 rings (SSSR count). The van der Waals surface area contributed by atoms with E-state index in [0.717, 1.165) is 31.4 Å². The molecule has 2 N–H and O–H groups in total. The topological polar surface area (TPSA) is 35.2 Å². The van der Waals surface area contributed by atoms with Crippen LogP contribution in [0.5, 0.6) is 5.75 Å². The number of aryl methyl sites for hydroxylation is 1. The largest absolute Gasteiger partial charge is 0.490 e. The molecule has 16 heavy (non-hydrogen) atoms. The van der Waals surface area contributed by atoms with Gasteiger partial charge in [-0.2, -0.15) is 0 Å². The van der Waals surface area contributed by atoms with Gasteiger partial charge in [0.1, 0.15) is 11.9 Å². The second kappa shape index (κ2) is 5.35. The number of ether oxygens (including phenoxy) is 1. The first kappa shape index (κ1) is 11.5. The Bertz CT molecular complexity index is 320. The van der Waals surface area contributed by atoms with Crippen LogP contribution in [0.15, 0.2) is 24.3 Å². The monoisotopic (exact) mass is 219 g/mol. The predicted octanol–water partition coefficient (Wildman–Crippen LogP) is 2.90. The fourth-order valence-electron chi connectivity index (χ4n) is 2.30. The Morgan fingerprint density at radius 1 is 1.25 bits per heavy atom. The molecule has 1 aromatic rings. The summed E-state index contributed by atoms with van der Waals surface area (Å²) in [7, 11) is 0. The summed E-state index contributed by atoms with van der Waals surface area (Å²) >= 11 is 0. The van der Waals surface area contributed by atoms with Gasteiger partial charge < -0.3 is 10.5 Å². The SMILES string of the molecule is CCCc1ccc(OC2CCC(N)C2)cc1. The van der Waals surface area contributed by atoms with Gasteiger partial charge in [0.2, 0.25) is 0 Å². The van der Waals surface area contributed by atoms with Crippen molar-refractivity contribution in [3.05, 3.63) is 29.8 Å². The van der Waals surface area contributed by atoms with Crippen molar-refractivity contribution in [2.75, 3.05) is 0 Å². The molecule has 0 aromatic heterocycles. The van der Waals surface area contributed by atoms with Gasteiger partial charge in [0.05, 0.1) is 0 Å². The summed E-state index contributed by atoms with van der Waals surface area (Å²) in [5.74, 6) is 0.985. The molecule has 1 aliphatic carbocycles. The number of nitrogens with two attached hydrogens (primary N) is 1. The van der Waals surface area contributed by atoms with E-state index in [2.05, 4.69) is 31.2 Å². The van der Waals surface area contributed by atoms with Crippen molar-refractivity contribution in [3.8, 4) is 5.75 Å². The lowest BCUT2D eigenvalue weighted by atomic mass is 10.1. The van der Waals surface area contributed by atoms with E-state index in [9.17, 15) is 0 Å². The van der Waals surface area contributed by atoms with Gasteiger partial charge >= 0.3 is 0 Å². The molecule has 0 heterocycles. The normalized spacial score (nSPS) is 24.6. The average molecular weight is 219 g/mol. The van der Waals surface area contributed by atoms with Crippen LogP contribution in [0.1, 0.15) is 38.2 Å². The van der Waals surface area contributed by atoms with E-state index in [0.29, 0.717) is 12.1 Å². The lowest BCUT2D eigenvalue weighted by Crippen LogP contribution is -2.19. The first-order chi connectivity index (χ1) is 7.78. The maximum absolute atomic E-state index is 5.90. The van der Waals surface area contributed by atoms with Crippen LogP contribution in [0.3, 0.4) is 0 Å². The number of benzene rings is 1. The van der Waals surface area contributed by atoms with E-state index in [4.69, 9.17) is 10.5 Å². The Hall–Kier alpha value is -1.02. The van der Waals surface area contributed by atoms with Gasteiger partial charge in [-0.1, -0.05) is 25.5 Å². The Morgan fingerprint density at radius 3 is 2.56 bits per heavy atom. The second-order valence-corrected chi connectivity index (χ2v) is 4.71. The van der Waals surface area contributed by atoms with Crippen LogP contribution in [0.4, 0.5) is 0 Å². The lowest BCUT2D eigenvalue weighted by molar-refractivity contribution is 0.208. The van der Waals surface area contributed by atoms with Gasteiger partial charge in [-0.25, -0.2) is 0 Å². The summed E-state index contributed by atoms with van der Waals surface area (Å²) in [4.78, 5) is 0. The summed E-state index contributed by atoms with van der Waals surface area (Å²) in [6.07, 6.45) is 5.85. The lowest BCUT2D eigenvalue weighted by Gasteiger charge is -2.13. The standard InChI is InChI=1S/C14H21NO/c1-2-3-11-4-7-13(8-5-11)16-14-9-6-12(15)10-14/h4-5,7-8,12,14H,2-3,6,9-10,15H2,1H3. The van der Waals surface area contributed by atoms with E-state index >= 15 is 0 Å². The highest BCUT2D eigenvalue weighted by Crippen LogP contribution is 2.23. The van der Waals surface area contributed by atoms with E-state index in [1.807, 2.05) is 0 Å². The molecule has 1 fully saturated rings. The van der Waals surface area contributed by atoms with Crippen molar-refractivity contribution in [2.24, 2.45) is 5.73 Å². The molecule has 1 saturated carbocycles. The van der Waals surface area contributed by atoms with Crippen LogP contribution in [-0.2, 0) is 6.42 Å². The van der Waals surface area contributed by atoms with Crippen molar-refractivity contribution >= 4 is 0 Å². The molecule has 0 radical (unpaired) electrons. The van der Waals surface area contributed by atoms with E-state index in [1.165, 1.54) is 12.0 Å². The Morgan fingerprint density at radius 2 is 2.00 bits per heavy atom. The van der Waals surface area contributed by atoms with Crippen LogP contribution < -0.4 is 10.5 Å². The third kappa shape index (κ3) is 2.99. The minimum absolute atomic E-state index is 0.326. The number of rotatable bonds is 4. The van der Waals surface area contributed by atoms with Crippen molar-refractivity contribution in [1.29, 1.82) is 0 Å². The molecule has 2 atom stereocenters. The molecule has 1 aromatic carbocycles. The van der Waals surface area contributed by atoms with Crippen LogP contribution in [0.2, 0.25) is 0 Å².